The highest BCUT2D eigenvalue weighted by atomic mass is 16.3. The fourth-order valence-electron chi connectivity index (χ4n) is 1.64. The Morgan fingerprint density at radius 3 is 2.33 bits per heavy atom. The second-order valence-electron chi connectivity index (χ2n) is 4.89. The lowest BCUT2D eigenvalue weighted by atomic mass is 9.91. The number of unbranched alkanes of at least 4 members (excludes halogenated alkanes) is 1. The molecule has 0 aromatic rings. The molecule has 0 aliphatic heterocycles. The highest BCUT2D eigenvalue weighted by Crippen LogP contribution is 2.23. The largest absolute Gasteiger partial charge is 0.513 e. The van der Waals surface area contributed by atoms with Crippen LogP contribution in [0, 0.1) is 5.92 Å². The summed E-state index contributed by atoms with van der Waals surface area (Å²) in [6.45, 7) is 9.51. The first-order valence-electron chi connectivity index (χ1n) is 5.99. The number of aliphatic hydroxyl groups excluding tert-OH is 1. The molecule has 0 aliphatic carbocycles. The van der Waals surface area contributed by atoms with Gasteiger partial charge >= 0.3 is 0 Å². The van der Waals surface area contributed by atoms with E-state index in [4.69, 9.17) is 5.11 Å². The van der Waals surface area contributed by atoms with Crippen LogP contribution in [0.2, 0.25) is 0 Å². The van der Waals surface area contributed by atoms with E-state index in [0.29, 0.717) is 0 Å². The molecule has 0 amide bonds. The van der Waals surface area contributed by atoms with Crippen molar-refractivity contribution in [3.63, 3.8) is 0 Å². The van der Waals surface area contributed by atoms with Crippen LogP contribution in [-0.4, -0.2) is 15.8 Å². The van der Waals surface area contributed by atoms with Crippen molar-refractivity contribution in [3.05, 3.63) is 12.3 Å². The Morgan fingerprint density at radius 1 is 1.33 bits per heavy atom. The molecular formula is C13H26O2. The molecular weight excluding hydrogens is 188 g/mol. The van der Waals surface area contributed by atoms with E-state index in [-0.39, 0.29) is 11.7 Å². The third kappa shape index (κ3) is 7.43. The first-order chi connectivity index (χ1) is 6.89. The molecule has 2 nitrogen and oxygen atoms in total. The molecule has 0 aromatic carbocycles. The van der Waals surface area contributed by atoms with Gasteiger partial charge in [-0.2, -0.15) is 0 Å². The standard InChI is InChI=1S/C13H26O2/c1-5-6-9-13(4,15)10-7-8-11(2)12(3)14/h11,14-15H,3,5-10H2,1-2,4H3. The van der Waals surface area contributed by atoms with Crippen LogP contribution in [0.5, 0.6) is 0 Å². The molecule has 0 bridgehead atoms. The van der Waals surface area contributed by atoms with Crippen molar-refractivity contribution in [2.75, 3.05) is 0 Å². The summed E-state index contributed by atoms with van der Waals surface area (Å²) in [5.74, 6) is 0.398. The van der Waals surface area contributed by atoms with E-state index in [0.717, 1.165) is 38.5 Å². The lowest BCUT2D eigenvalue weighted by Gasteiger charge is -2.23. The lowest BCUT2D eigenvalue weighted by molar-refractivity contribution is 0.0362. The zero-order valence-corrected chi connectivity index (χ0v) is 10.4. The third-order valence-corrected chi connectivity index (χ3v) is 2.99. The summed E-state index contributed by atoms with van der Waals surface area (Å²) < 4.78 is 0. The Labute approximate surface area is 94.0 Å². The minimum atomic E-state index is -0.535. The Hall–Kier alpha value is -0.500. The third-order valence-electron chi connectivity index (χ3n) is 2.99. The van der Waals surface area contributed by atoms with Gasteiger partial charge in [-0.25, -0.2) is 0 Å². The fourth-order valence-corrected chi connectivity index (χ4v) is 1.64. The maximum Gasteiger partial charge on any atom is 0.0879 e. The van der Waals surface area contributed by atoms with Gasteiger partial charge in [0.15, 0.2) is 0 Å². The van der Waals surface area contributed by atoms with Crippen molar-refractivity contribution in [1.82, 2.24) is 0 Å². The molecule has 2 unspecified atom stereocenters. The second-order valence-corrected chi connectivity index (χ2v) is 4.89. The first kappa shape index (κ1) is 14.5. The molecule has 0 radical (unpaired) electrons. The summed E-state index contributed by atoms with van der Waals surface area (Å²) in [6.07, 6.45) is 5.73. The van der Waals surface area contributed by atoms with Gasteiger partial charge in [-0.3, -0.25) is 0 Å². The Bertz CT molecular complexity index is 185. The smallest absolute Gasteiger partial charge is 0.0879 e. The van der Waals surface area contributed by atoms with Crippen molar-refractivity contribution in [2.45, 2.75) is 64.9 Å². The molecule has 0 fully saturated rings. The summed E-state index contributed by atoms with van der Waals surface area (Å²) in [5.41, 5.74) is -0.535. The van der Waals surface area contributed by atoms with Crippen LogP contribution >= 0.6 is 0 Å². The van der Waals surface area contributed by atoms with Crippen LogP contribution in [0.3, 0.4) is 0 Å². The molecule has 90 valence electrons. The van der Waals surface area contributed by atoms with Crippen LogP contribution in [0.25, 0.3) is 0 Å². The number of aliphatic hydroxyl groups is 2. The van der Waals surface area contributed by atoms with Crippen molar-refractivity contribution in [3.8, 4) is 0 Å². The maximum atomic E-state index is 10.0. The average molecular weight is 214 g/mol. The van der Waals surface area contributed by atoms with Gasteiger partial charge in [0.25, 0.3) is 0 Å². The molecule has 2 atom stereocenters. The van der Waals surface area contributed by atoms with Gasteiger partial charge in [-0.1, -0.05) is 33.3 Å². The van der Waals surface area contributed by atoms with Crippen LogP contribution in [0.15, 0.2) is 12.3 Å². The number of hydrogen-bond acceptors (Lipinski definition) is 2. The molecule has 2 N–H and O–H groups in total. The Kier molecular flexibility index (Phi) is 6.66. The zero-order valence-electron chi connectivity index (χ0n) is 10.4. The van der Waals surface area contributed by atoms with Crippen molar-refractivity contribution >= 4 is 0 Å². The monoisotopic (exact) mass is 214 g/mol. The molecule has 0 aromatic heterocycles. The van der Waals surface area contributed by atoms with Gasteiger partial charge in [0.05, 0.1) is 11.4 Å². The maximum absolute atomic E-state index is 10.0. The van der Waals surface area contributed by atoms with E-state index < -0.39 is 5.60 Å². The van der Waals surface area contributed by atoms with Crippen LogP contribution in [0.1, 0.15) is 59.3 Å². The number of hydrogen-bond donors (Lipinski definition) is 2. The SMILES string of the molecule is C=C(O)C(C)CCCC(C)(O)CCCC. The number of rotatable bonds is 8. The van der Waals surface area contributed by atoms with Gasteiger partial charge in [0, 0.05) is 5.92 Å². The minimum Gasteiger partial charge on any atom is -0.513 e. The highest BCUT2D eigenvalue weighted by Gasteiger charge is 2.19. The van der Waals surface area contributed by atoms with Gasteiger partial charge in [0.2, 0.25) is 0 Å². The molecule has 0 heterocycles. The summed E-state index contributed by atoms with van der Waals surface area (Å²) in [4.78, 5) is 0. The van der Waals surface area contributed by atoms with E-state index in [2.05, 4.69) is 13.5 Å². The van der Waals surface area contributed by atoms with Crippen molar-refractivity contribution < 1.29 is 10.2 Å². The van der Waals surface area contributed by atoms with Crippen LogP contribution < -0.4 is 0 Å². The quantitative estimate of drug-likeness (QED) is 0.603. The average Bonchev–Trinajstić information content (AvgIpc) is 2.14. The van der Waals surface area contributed by atoms with Crippen LogP contribution in [0.4, 0.5) is 0 Å². The molecule has 2 heteroatoms. The normalized spacial score (nSPS) is 17.1. The first-order valence-corrected chi connectivity index (χ1v) is 5.99. The molecule has 0 spiro atoms. The molecule has 15 heavy (non-hydrogen) atoms. The van der Waals surface area contributed by atoms with E-state index in [9.17, 15) is 5.11 Å². The highest BCUT2D eigenvalue weighted by molar-refractivity contribution is 4.86. The Balaban J connectivity index is 3.69. The van der Waals surface area contributed by atoms with Crippen LogP contribution in [-0.2, 0) is 0 Å². The van der Waals surface area contributed by atoms with Crippen molar-refractivity contribution in [1.29, 1.82) is 0 Å². The number of allylic oxidation sites excluding steroid dienone is 1. The predicted octanol–water partition coefficient (Wildman–Crippen LogP) is 3.81. The molecule has 0 aliphatic rings. The van der Waals surface area contributed by atoms with E-state index in [1.165, 1.54) is 0 Å². The molecule has 0 saturated heterocycles. The summed E-state index contributed by atoms with van der Waals surface area (Å²) in [6, 6.07) is 0. The zero-order chi connectivity index (χ0) is 11.9. The molecule has 0 saturated carbocycles. The summed E-state index contributed by atoms with van der Waals surface area (Å²) in [7, 11) is 0. The van der Waals surface area contributed by atoms with Crippen molar-refractivity contribution in [2.24, 2.45) is 5.92 Å². The topological polar surface area (TPSA) is 40.5 Å². The predicted molar refractivity (Wildman–Crippen MR) is 64.9 cm³/mol. The fraction of sp³-hybridized carbons (Fsp3) is 0.846. The van der Waals surface area contributed by atoms with E-state index >= 15 is 0 Å². The van der Waals surface area contributed by atoms with Gasteiger partial charge in [-0.05, 0) is 32.6 Å². The van der Waals surface area contributed by atoms with E-state index in [1.54, 1.807) is 0 Å². The lowest BCUT2D eigenvalue weighted by Crippen LogP contribution is -2.23. The molecule has 0 rings (SSSR count). The van der Waals surface area contributed by atoms with E-state index in [1.807, 2.05) is 13.8 Å². The summed E-state index contributed by atoms with van der Waals surface area (Å²) >= 11 is 0. The second kappa shape index (κ2) is 6.89. The minimum absolute atomic E-state index is 0.145. The Morgan fingerprint density at radius 2 is 1.87 bits per heavy atom. The van der Waals surface area contributed by atoms with Gasteiger partial charge in [-0.15, -0.1) is 0 Å². The summed E-state index contributed by atoms with van der Waals surface area (Å²) in [5, 5.41) is 19.1. The van der Waals surface area contributed by atoms with Gasteiger partial charge < -0.3 is 10.2 Å². The van der Waals surface area contributed by atoms with Gasteiger partial charge in [0.1, 0.15) is 0 Å².